The summed E-state index contributed by atoms with van der Waals surface area (Å²) in [6.07, 6.45) is 1.67. The molecule has 1 aromatic rings. The Hall–Kier alpha value is -2.37. The van der Waals surface area contributed by atoms with E-state index in [1.54, 1.807) is 11.9 Å². The van der Waals surface area contributed by atoms with E-state index >= 15 is 0 Å². The number of nitrogens with one attached hydrogen (secondary N) is 2. The van der Waals surface area contributed by atoms with Gasteiger partial charge in [-0.2, -0.15) is 0 Å². The molecule has 1 aliphatic carbocycles. The molecule has 0 bridgehead atoms. The molecule has 110 valence electrons. The Bertz CT molecular complexity index is 589. The number of urea groups is 1. The van der Waals surface area contributed by atoms with Crippen LogP contribution in [0.25, 0.3) is 0 Å². The third kappa shape index (κ3) is 2.61. The molecule has 0 aromatic heterocycles. The van der Waals surface area contributed by atoms with E-state index in [0.717, 1.165) is 12.8 Å². The van der Waals surface area contributed by atoms with Crippen molar-refractivity contribution >= 4 is 17.8 Å². The van der Waals surface area contributed by atoms with Gasteiger partial charge in [-0.15, -0.1) is 0 Å². The molecule has 3 rings (SSSR count). The van der Waals surface area contributed by atoms with Crippen LogP contribution in [0.4, 0.5) is 4.79 Å². The van der Waals surface area contributed by atoms with E-state index in [-0.39, 0.29) is 18.4 Å². The van der Waals surface area contributed by atoms with Crippen LogP contribution in [-0.4, -0.2) is 41.9 Å². The standard InChI is InChI=1S/C15H17N3O3/c1-18(11-6-9-4-2-3-5-10(9)7-11)13(19)8-12-14(20)17-15(21)16-12/h2-5,11-12H,6-8H2,1H3,(H2,16,17,20,21)/t12-/m0/s1. The predicted molar refractivity (Wildman–Crippen MR) is 75.5 cm³/mol. The molecule has 0 radical (unpaired) electrons. The van der Waals surface area contributed by atoms with Crippen molar-refractivity contribution in [2.75, 3.05) is 7.05 Å². The molecule has 0 saturated carbocycles. The maximum absolute atomic E-state index is 12.3. The average Bonchev–Trinajstić information content (AvgIpc) is 3.01. The summed E-state index contributed by atoms with van der Waals surface area (Å²) in [5, 5.41) is 4.59. The number of fused-ring (bicyclic) bond motifs is 1. The van der Waals surface area contributed by atoms with Crippen molar-refractivity contribution in [1.29, 1.82) is 0 Å². The second kappa shape index (κ2) is 5.20. The lowest BCUT2D eigenvalue weighted by Crippen LogP contribution is -2.42. The third-order valence-corrected chi connectivity index (χ3v) is 4.21. The van der Waals surface area contributed by atoms with Crippen LogP contribution in [-0.2, 0) is 22.4 Å². The van der Waals surface area contributed by atoms with Gasteiger partial charge in [0.05, 0.1) is 6.42 Å². The van der Waals surface area contributed by atoms with Crippen LogP contribution in [0, 0.1) is 0 Å². The molecule has 1 fully saturated rings. The summed E-state index contributed by atoms with van der Waals surface area (Å²) >= 11 is 0. The van der Waals surface area contributed by atoms with Crippen molar-refractivity contribution in [2.45, 2.75) is 31.3 Å². The first-order chi connectivity index (χ1) is 10.0. The Labute approximate surface area is 122 Å². The van der Waals surface area contributed by atoms with Gasteiger partial charge in [-0.3, -0.25) is 14.9 Å². The number of imide groups is 1. The van der Waals surface area contributed by atoms with E-state index in [9.17, 15) is 14.4 Å². The zero-order valence-corrected chi connectivity index (χ0v) is 11.8. The Morgan fingerprint density at radius 3 is 2.38 bits per heavy atom. The zero-order chi connectivity index (χ0) is 15.0. The lowest BCUT2D eigenvalue weighted by Gasteiger charge is -2.25. The first-order valence-electron chi connectivity index (χ1n) is 6.98. The molecule has 1 aromatic carbocycles. The number of benzene rings is 1. The van der Waals surface area contributed by atoms with Crippen LogP contribution in [0.3, 0.4) is 0 Å². The lowest BCUT2D eigenvalue weighted by atomic mass is 10.1. The van der Waals surface area contributed by atoms with E-state index in [2.05, 4.69) is 22.8 Å². The summed E-state index contributed by atoms with van der Waals surface area (Å²) in [6.45, 7) is 0. The van der Waals surface area contributed by atoms with Crippen LogP contribution >= 0.6 is 0 Å². The van der Waals surface area contributed by atoms with Crippen molar-refractivity contribution in [3.05, 3.63) is 35.4 Å². The fourth-order valence-electron chi connectivity index (χ4n) is 2.93. The van der Waals surface area contributed by atoms with Crippen molar-refractivity contribution in [1.82, 2.24) is 15.5 Å². The smallest absolute Gasteiger partial charge is 0.322 e. The minimum atomic E-state index is -0.753. The molecule has 1 saturated heterocycles. The molecule has 1 aliphatic heterocycles. The number of carbonyl (C=O) groups is 3. The molecule has 0 spiro atoms. The van der Waals surface area contributed by atoms with E-state index in [1.165, 1.54) is 11.1 Å². The first kappa shape index (κ1) is 13.6. The number of nitrogens with zero attached hydrogens (tertiary/aromatic N) is 1. The van der Waals surface area contributed by atoms with Gasteiger partial charge in [-0.1, -0.05) is 24.3 Å². The number of rotatable bonds is 3. The monoisotopic (exact) mass is 287 g/mol. The van der Waals surface area contributed by atoms with Crippen LogP contribution in [0.15, 0.2) is 24.3 Å². The van der Waals surface area contributed by atoms with E-state index in [0.29, 0.717) is 0 Å². The summed E-state index contributed by atoms with van der Waals surface area (Å²) in [5.41, 5.74) is 2.54. The largest absolute Gasteiger partial charge is 0.342 e. The molecule has 21 heavy (non-hydrogen) atoms. The lowest BCUT2D eigenvalue weighted by molar-refractivity contribution is -0.134. The van der Waals surface area contributed by atoms with Gasteiger partial charge in [0.2, 0.25) is 5.91 Å². The molecule has 4 amide bonds. The highest BCUT2D eigenvalue weighted by atomic mass is 16.2. The van der Waals surface area contributed by atoms with Crippen LogP contribution in [0.2, 0.25) is 0 Å². The summed E-state index contributed by atoms with van der Waals surface area (Å²) in [4.78, 5) is 36.5. The number of hydrogen-bond acceptors (Lipinski definition) is 3. The maximum atomic E-state index is 12.3. The van der Waals surface area contributed by atoms with Crippen LogP contribution in [0.1, 0.15) is 17.5 Å². The van der Waals surface area contributed by atoms with Crippen LogP contribution < -0.4 is 10.6 Å². The van der Waals surface area contributed by atoms with Gasteiger partial charge >= 0.3 is 6.03 Å². The normalized spacial score (nSPS) is 20.9. The van der Waals surface area contributed by atoms with Gasteiger partial charge in [-0.05, 0) is 24.0 Å². The summed E-state index contributed by atoms with van der Waals surface area (Å²) < 4.78 is 0. The minimum absolute atomic E-state index is 0.000911. The van der Waals surface area contributed by atoms with E-state index < -0.39 is 18.0 Å². The molecule has 2 N–H and O–H groups in total. The van der Waals surface area contributed by atoms with E-state index in [4.69, 9.17) is 0 Å². The quantitative estimate of drug-likeness (QED) is 0.780. The third-order valence-electron chi connectivity index (χ3n) is 4.21. The number of likely N-dealkylation sites (N-methyl/N-ethyl adjacent to an activating group) is 1. The Kier molecular flexibility index (Phi) is 3.37. The van der Waals surface area contributed by atoms with Gasteiger partial charge in [0.1, 0.15) is 6.04 Å². The molecular weight excluding hydrogens is 270 g/mol. The molecule has 1 heterocycles. The SMILES string of the molecule is CN(C(=O)C[C@@H]1NC(=O)NC1=O)C1Cc2ccccc2C1. The Balaban J connectivity index is 1.61. The van der Waals surface area contributed by atoms with Gasteiger partial charge in [0, 0.05) is 13.1 Å². The highest BCUT2D eigenvalue weighted by molar-refractivity contribution is 6.05. The first-order valence-corrected chi connectivity index (χ1v) is 6.98. The highest BCUT2D eigenvalue weighted by Crippen LogP contribution is 2.25. The van der Waals surface area contributed by atoms with Crippen molar-refractivity contribution in [3.63, 3.8) is 0 Å². The van der Waals surface area contributed by atoms with Crippen molar-refractivity contribution < 1.29 is 14.4 Å². The molecular formula is C15H17N3O3. The molecule has 6 heteroatoms. The Morgan fingerprint density at radius 2 is 1.86 bits per heavy atom. The average molecular weight is 287 g/mol. The minimum Gasteiger partial charge on any atom is -0.342 e. The molecule has 1 atom stereocenters. The zero-order valence-electron chi connectivity index (χ0n) is 11.8. The fraction of sp³-hybridized carbons (Fsp3) is 0.400. The summed E-state index contributed by atoms with van der Waals surface area (Å²) in [5.74, 6) is -0.563. The molecule has 0 unspecified atom stereocenters. The highest BCUT2D eigenvalue weighted by Gasteiger charge is 2.34. The van der Waals surface area contributed by atoms with Crippen molar-refractivity contribution in [3.8, 4) is 0 Å². The second-order valence-corrected chi connectivity index (χ2v) is 5.55. The maximum Gasteiger partial charge on any atom is 0.322 e. The fourth-order valence-corrected chi connectivity index (χ4v) is 2.93. The van der Waals surface area contributed by atoms with Gasteiger partial charge in [0.25, 0.3) is 5.91 Å². The van der Waals surface area contributed by atoms with E-state index in [1.807, 2.05) is 12.1 Å². The second-order valence-electron chi connectivity index (χ2n) is 5.55. The number of amides is 4. The molecule has 6 nitrogen and oxygen atoms in total. The number of carbonyl (C=O) groups excluding carboxylic acids is 3. The van der Waals surface area contributed by atoms with Crippen LogP contribution in [0.5, 0.6) is 0 Å². The predicted octanol–water partition coefficient (Wildman–Crippen LogP) is 0.210. The van der Waals surface area contributed by atoms with Crippen molar-refractivity contribution in [2.24, 2.45) is 0 Å². The van der Waals surface area contributed by atoms with Gasteiger partial charge in [-0.25, -0.2) is 4.79 Å². The summed E-state index contributed by atoms with van der Waals surface area (Å²) in [6, 6.07) is 7.00. The Morgan fingerprint density at radius 1 is 1.24 bits per heavy atom. The van der Waals surface area contributed by atoms with Gasteiger partial charge < -0.3 is 10.2 Å². The molecule has 2 aliphatic rings. The summed E-state index contributed by atoms with van der Waals surface area (Å²) in [7, 11) is 1.76. The number of hydrogen-bond donors (Lipinski definition) is 2. The topological polar surface area (TPSA) is 78.5 Å². The van der Waals surface area contributed by atoms with Gasteiger partial charge in [0.15, 0.2) is 0 Å².